The Morgan fingerprint density at radius 3 is 2.54 bits per heavy atom. The molecule has 1 aromatic heterocycles. The van der Waals surface area contributed by atoms with Crippen molar-refractivity contribution in [2.24, 2.45) is 11.8 Å². The highest BCUT2D eigenvalue weighted by Crippen LogP contribution is 2.42. The number of nitrogens with zero attached hydrogens (tertiary/aromatic N) is 1. The lowest BCUT2D eigenvalue weighted by Crippen LogP contribution is -2.30. The Morgan fingerprint density at radius 1 is 1.25 bits per heavy atom. The molecule has 4 rings (SSSR count). The molecule has 0 radical (unpaired) electrons. The highest BCUT2D eigenvalue weighted by atomic mass is 32.1. The highest BCUT2D eigenvalue weighted by molar-refractivity contribution is 7.18. The number of benzene rings is 1. The second kappa shape index (κ2) is 5.52. The molecule has 4 nitrogen and oxygen atoms in total. The van der Waals surface area contributed by atoms with Crippen molar-refractivity contribution in [2.45, 2.75) is 39.5 Å². The maximum atomic E-state index is 12.6. The number of allylic oxidation sites excluding steroid dienone is 1. The molecule has 124 valence electrons. The van der Waals surface area contributed by atoms with E-state index < -0.39 is 0 Å². The van der Waals surface area contributed by atoms with Gasteiger partial charge in [-0.25, -0.2) is 4.98 Å². The summed E-state index contributed by atoms with van der Waals surface area (Å²) in [6.45, 7) is 3.95. The zero-order valence-corrected chi connectivity index (χ0v) is 14.6. The number of aromatic nitrogens is 1. The van der Waals surface area contributed by atoms with Crippen molar-refractivity contribution < 1.29 is 14.7 Å². The maximum absolute atomic E-state index is 12.6. The minimum Gasteiger partial charge on any atom is -0.506 e. The molecule has 2 aliphatic rings. The van der Waals surface area contributed by atoms with E-state index in [2.05, 4.69) is 11.9 Å². The van der Waals surface area contributed by atoms with Crippen molar-refractivity contribution in [3.8, 4) is 0 Å². The third-order valence-electron chi connectivity index (χ3n) is 5.32. The molecule has 0 aliphatic heterocycles. The second-order valence-electron chi connectivity index (χ2n) is 6.71. The SMILES string of the molecule is CCc1nc2c(C)c(C(O)=C3C(=O)C4CCC(C4)C3=O)ccc2s1. The molecule has 2 aliphatic carbocycles. The van der Waals surface area contributed by atoms with E-state index >= 15 is 0 Å². The van der Waals surface area contributed by atoms with Gasteiger partial charge < -0.3 is 5.11 Å². The zero-order valence-electron chi connectivity index (χ0n) is 13.8. The van der Waals surface area contributed by atoms with E-state index in [4.69, 9.17) is 0 Å². The fraction of sp³-hybridized carbons (Fsp3) is 0.421. The van der Waals surface area contributed by atoms with Gasteiger partial charge in [0.1, 0.15) is 11.3 Å². The molecule has 24 heavy (non-hydrogen) atoms. The predicted octanol–water partition coefficient (Wildman–Crippen LogP) is 4.00. The number of aliphatic hydroxyl groups is 1. The number of aryl methyl sites for hydroxylation is 2. The molecule has 2 fully saturated rings. The van der Waals surface area contributed by atoms with Crippen molar-refractivity contribution in [2.75, 3.05) is 0 Å². The molecule has 0 saturated heterocycles. The van der Waals surface area contributed by atoms with Crippen LogP contribution in [0.2, 0.25) is 0 Å². The largest absolute Gasteiger partial charge is 0.506 e. The fourth-order valence-electron chi connectivity index (χ4n) is 3.93. The number of ketones is 2. The standard InChI is InChI=1S/C19H19NO3S/c1-3-14-20-16-9(2)12(6-7-13(16)24-14)19(23)15-17(21)10-4-5-11(8-10)18(15)22/h6-7,10-11,23H,3-5,8H2,1-2H3. The lowest BCUT2D eigenvalue weighted by atomic mass is 9.81. The topological polar surface area (TPSA) is 67.3 Å². The number of thiazole rings is 1. The summed E-state index contributed by atoms with van der Waals surface area (Å²) in [4.78, 5) is 29.8. The van der Waals surface area contributed by atoms with Crippen LogP contribution in [0.15, 0.2) is 17.7 Å². The van der Waals surface area contributed by atoms with Crippen LogP contribution in [0.4, 0.5) is 0 Å². The van der Waals surface area contributed by atoms with Gasteiger partial charge in [-0.1, -0.05) is 6.92 Å². The maximum Gasteiger partial charge on any atom is 0.173 e. The third kappa shape index (κ3) is 2.14. The van der Waals surface area contributed by atoms with E-state index in [-0.39, 0.29) is 34.7 Å². The first-order valence-electron chi connectivity index (χ1n) is 8.42. The van der Waals surface area contributed by atoms with Crippen LogP contribution < -0.4 is 0 Å². The van der Waals surface area contributed by atoms with Crippen LogP contribution in [0.5, 0.6) is 0 Å². The van der Waals surface area contributed by atoms with Crippen molar-refractivity contribution in [3.63, 3.8) is 0 Å². The summed E-state index contributed by atoms with van der Waals surface area (Å²) in [6, 6.07) is 3.71. The average molecular weight is 341 g/mol. The molecule has 0 spiro atoms. The van der Waals surface area contributed by atoms with Crippen molar-refractivity contribution in [1.29, 1.82) is 0 Å². The van der Waals surface area contributed by atoms with Gasteiger partial charge in [0.2, 0.25) is 0 Å². The summed E-state index contributed by atoms with van der Waals surface area (Å²) < 4.78 is 1.06. The van der Waals surface area contributed by atoms with Crippen molar-refractivity contribution in [3.05, 3.63) is 33.8 Å². The predicted molar refractivity (Wildman–Crippen MR) is 94.1 cm³/mol. The van der Waals surface area contributed by atoms with E-state index in [1.165, 1.54) is 0 Å². The molecular weight excluding hydrogens is 322 g/mol. The Bertz CT molecular complexity index is 885. The number of fused-ring (bicyclic) bond motifs is 3. The van der Waals surface area contributed by atoms with Gasteiger partial charge in [-0.3, -0.25) is 9.59 Å². The summed E-state index contributed by atoms with van der Waals surface area (Å²) in [5.74, 6) is -0.719. The number of Topliss-reactive ketones (excluding diaryl/α,β-unsaturated/α-hetero) is 2. The van der Waals surface area contributed by atoms with E-state index in [0.717, 1.165) is 40.1 Å². The number of aliphatic hydroxyl groups excluding tert-OH is 1. The van der Waals surface area contributed by atoms with Crippen LogP contribution in [-0.2, 0) is 16.0 Å². The molecule has 1 aromatic carbocycles. The van der Waals surface area contributed by atoms with Gasteiger partial charge in [0, 0.05) is 17.4 Å². The van der Waals surface area contributed by atoms with Gasteiger partial charge in [0.15, 0.2) is 11.6 Å². The quantitative estimate of drug-likeness (QED) is 0.509. The van der Waals surface area contributed by atoms with E-state index in [1.54, 1.807) is 17.4 Å². The Labute approximate surface area is 144 Å². The van der Waals surface area contributed by atoms with Crippen LogP contribution in [0.25, 0.3) is 16.0 Å². The Hall–Kier alpha value is -2.01. The number of carbonyl (C=O) groups is 2. The Kier molecular flexibility index (Phi) is 3.57. The van der Waals surface area contributed by atoms with Gasteiger partial charge >= 0.3 is 0 Å². The van der Waals surface area contributed by atoms with Crippen LogP contribution in [0.3, 0.4) is 0 Å². The molecule has 2 aromatic rings. The molecule has 0 amide bonds. The first kappa shape index (κ1) is 15.5. The molecule has 2 unspecified atom stereocenters. The minimum atomic E-state index is -0.182. The van der Waals surface area contributed by atoms with E-state index in [1.807, 2.05) is 13.0 Å². The highest BCUT2D eigenvalue weighted by Gasteiger charge is 2.45. The number of carbonyl (C=O) groups excluding carboxylic acids is 2. The van der Waals surface area contributed by atoms with Gasteiger partial charge in [-0.05, 0) is 50.3 Å². The zero-order chi connectivity index (χ0) is 17.0. The lowest BCUT2D eigenvalue weighted by Gasteiger charge is -2.21. The number of hydrogen-bond acceptors (Lipinski definition) is 5. The minimum absolute atomic E-state index is 0.0159. The Balaban J connectivity index is 1.88. The smallest absolute Gasteiger partial charge is 0.173 e. The number of hydrogen-bond donors (Lipinski definition) is 1. The summed E-state index contributed by atoms with van der Waals surface area (Å²) in [5, 5.41) is 11.8. The van der Waals surface area contributed by atoms with Crippen molar-refractivity contribution in [1.82, 2.24) is 4.98 Å². The average Bonchev–Trinajstić information content (AvgIpc) is 3.19. The molecule has 1 N–H and O–H groups in total. The molecule has 1 heterocycles. The number of rotatable bonds is 2. The van der Waals surface area contributed by atoms with Gasteiger partial charge in [-0.15, -0.1) is 11.3 Å². The molecule has 2 saturated carbocycles. The van der Waals surface area contributed by atoms with Crippen LogP contribution in [0.1, 0.15) is 42.3 Å². The summed E-state index contributed by atoms with van der Waals surface area (Å²) >= 11 is 1.64. The van der Waals surface area contributed by atoms with Crippen LogP contribution in [0, 0.1) is 18.8 Å². The van der Waals surface area contributed by atoms with E-state index in [9.17, 15) is 14.7 Å². The van der Waals surface area contributed by atoms with Gasteiger partial charge in [0.25, 0.3) is 0 Å². The first-order chi connectivity index (χ1) is 11.5. The fourth-order valence-corrected chi connectivity index (χ4v) is 4.90. The lowest BCUT2D eigenvalue weighted by molar-refractivity contribution is -0.127. The third-order valence-corrected chi connectivity index (χ3v) is 6.48. The first-order valence-corrected chi connectivity index (χ1v) is 9.24. The Morgan fingerprint density at radius 2 is 1.92 bits per heavy atom. The molecular formula is C19H19NO3S. The molecule has 5 heteroatoms. The van der Waals surface area contributed by atoms with Crippen molar-refractivity contribution >= 4 is 38.9 Å². The van der Waals surface area contributed by atoms with Gasteiger partial charge in [0.05, 0.1) is 15.2 Å². The second-order valence-corrected chi connectivity index (χ2v) is 7.82. The molecule has 2 bridgehead atoms. The summed E-state index contributed by atoms with van der Waals surface area (Å²) in [7, 11) is 0. The molecule has 2 atom stereocenters. The van der Waals surface area contributed by atoms with Crippen LogP contribution >= 0.6 is 11.3 Å². The summed E-state index contributed by atoms with van der Waals surface area (Å²) in [6.07, 6.45) is 3.03. The normalized spacial score (nSPS) is 23.3. The summed E-state index contributed by atoms with van der Waals surface area (Å²) in [5.41, 5.74) is 2.24. The monoisotopic (exact) mass is 341 g/mol. The van der Waals surface area contributed by atoms with Gasteiger partial charge in [-0.2, -0.15) is 0 Å². The van der Waals surface area contributed by atoms with Crippen LogP contribution in [-0.4, -0.2) is 21.7 Å². The van der Waals surface area contributed by atoms with E-state index in [0.29, 0.717) is 12.0 Å².